The van der Waals surface area contributed by atoms with E-state index in [1.807, 2.05) is 0 Å². The molecule has 30 heavy (non-hydrogen) atoms. The molecule has 5 nitrogen and oxygen atoms in total. The Bertz CT molecular complexity index is 976. The lowest BCUT2D eigenvalue weighted by atomic mass is 10.1. The minimum Gasteiger partial charge on any atom is -0.350 e. The molecule has 2 aromatic carbocycles. The summed E-state index contributed by atoms with van der Waals surface area (Å²) >= 11 is 0. The highest BCUT2D eigenvalue weighted by molar-refractivity contribution is 7.92. The van der Waals surface area contributed by atoms with Gasteiger partial charge in [0.1, 0.15) is 5.82 Å². The average molecular weight is 446 g/mol. The number of carbonyl (C=O) groups excluding carboxylic acids is 1. The van der Waals surface area contributed by atoms with Gasteiger partial charge in [-0.1, -0.05) is 18.2 Å². The van der Waals surface area contributed by atoms with Crippen molar-refractivity contribution < 1.29 is 30.8 Å². The maximum Gasteiger partial charge on any atom is 0.416 e. The van der Waals surface area contributed by atoms with E-state index in [0.717, 1.165) is 28.8 Å². The molecule has 2 aromatic rings. The molecule has 1 N–H and O–H groups in total. The number of hydrogen-bond acceptors (Lipinski definition) is 3. The van der Waals surface area contributed by atoms with E-state index in [1.54, 1.807) is 19.1 Å². The number of anilines is 1. The number of rotatable bonds is 8. The molecule has 2 rings (SSSR count). The third kappa shape index (κ3) is 6.72. The number of hydrogen-bond donors (Lipinski definition) is 1. The molecule has 10 heteroatoms. The first-order valence-electron chi connectivity index (χ1n) is 9.08. The van der Waals surface area contributed by atoms with Crippen LogP contribution in [-0.2, 0) is 21.0 Å². The molecule has 0 aromatic heterocycles. The van der Waals surface area contributed by atoms with E-state index >= 15 is 0 Å². The van der Waals surface area contributed by atoms with Gasteiger partial charge >= 0.3 is 6.18 Å². The summed E-state index contributed by atoms with van der Waals surface area (Å²) in [6, 6.07) is 9.27. The summed E-state index contributed by atoms with van der Waals surface area (Å²) in [5.41, 5.74) is -0.376. The summed E-state index contributed by atoms with van der Waals surface area (Å²) in [6.45, 7) is 1.56. The molecule has 1 amide bonds. The second-order valence-corrected chi connectivity index (χ2v) is 8.73. The molecule has 1 atom stereocenters. The first-order chi connectivity index (χ1) is 13.9. The maximum absolute atomic E-state index is 13.0. The van der Waals surface area contributed by atoms with Gasteiger partial charge in [0.15, 0.2) is 0 Å². The van der Waals surface area contributed by atoms with Gasteiger partial charge < -0.3 is 5.32 Å². The standard InChI is InChI=1S/C20H22F4N2O3S/c1-14(15-8-10-17(21)11-9-15)25-19(27)7-4-12-26(30(2,28)29)18-6-3-5-16(13-18)20(22,23)24/h3,5-6,8-11,13-14H,4,7,12H2,1-2H3,(H,25,27)/t14-/m0/s1. The van der Waals surface area contributed by atoms with Crippen molar-refractivity contribution in [2.45, 2.75) is 32.0 Å². The monoisotopic (exact) mass is 446 g/mol. The quantitative estimate of drug-likeness (QED) is 0.616. The Kier molecular flexibility index (Phi) is 7.46. The van der Waals surface area contributed by atoms with E-state index in [1.165, 1.54) is 18.2 Å². The molecule has 164 valence electrons. The van der Waals surface area contributed by atoms with Crippen molar-refractivity contribution in [1.82, 2.24) is 5.32 Å². The van der Waals surface area contributed by atoms with Crippen LogP contribution in [0.1, 0.15) is 36.9 Å². The van der Waals surface area contributed by atoms with Crippen molar-refractivity contribution in [3.63, 3.8) is 0 Å². The number of sulfonamides is 1. The Balaban J connectivity index is 2.00. The van der Waals surface area contributed by atoms with Crippen LogP contribution in [0.25, 0.3) is 0 Å². The third-order valence-corrected chi connectivity index (χ3v) is 5.57. The summed E-state index contributed by atoms with van der Waals surface area (Å²) in [5, 5.41) is 2.72. The highest BCUT2D eigenvalue weighted by atomic mass is 32.2. The normalized spacial score (nSPS) is 13.0. The van der Waals surface area contributed by atoms with Gasteiger partial charge in [-0.25, -0.2) is 12.8 Å². The minimum atomic E-state index is -4.60. The van der Waals surface area contributed by atoms with Gasteiger partial charge in [0.25, 0.3) is 0 Å². The van der Waals surface area contributed by atoms with Crippen molar-refractivity contribution in [2.75, 3.05) is 17.1 Å². The fourth-order valence-corrected chi connectivity index (χ4v) is 3.81. The van der Waals surface area contributed by atoms with Crippen molar-refractivity contribution in [3.8, 4) is 0 Å². The third-order valence-electron chi connectivity index (χ3n) is 4.37. The molecule has 0 unspecified atom stereocenters. The number of alkyl halides is 3. The summed E-state index contributed by atoms with van der Waals surface area (Å²) in [6.07, 6.45) is -3.64. The van der Waals surface area contributed by atoms with Gasteiger partial charge in [-0.2, -0.15) is 13.2 Å². The molecule has 0 aliphatic heterocycles. The minimum absolute atomic E-state index is 0.0312. The molecule has 0 fully saturated rings. The Labute approximate surface area is 172 Å². The predicted octanol–water partition coefficient (Wildman–Crippen LogP) is 4.27. The number of halogens is 4. The van der Waals surface area contributed by atoms with Crippen molar-refractivity contribution >= 4 is 21.6 Å². The number of nitrogens with zero attached hydrogens (tertiary/aromatic N) is 1. The van der Waals surface area contributed by atoms with E-state index in [4.69, 9.17) is 0 Å². The molecule has 0 saturated heterocycles. The van der Waals surface area contributed by atoms with Gasteiger partial charge in [-0.15, -0.1) is 0 Å². The Hall–Kier alpha value is -2.62. The first-order valence-corrected chi connectivity index (χ1v) is 10.9. The lowest BCUT2D eigenvalue weighted by Gasteiger charge is -2.23. The van der Waals surface area contributed by atoms with Crippen LogP contribution < -0.4 is 9.62 Å². The summed E-state index contributed by atoms with van der Waals surface area (Å²) in [7, 11) is -3.85. The second-order valence-electron chi connectivity index (χ2n) is 6.83. The zero-order chi connectivity index (χ0) is 22.5. The van der Waals surface area contributed by atoms with Gasteiger partial charge in [-0.05, 0) is 49.2 Å². The molecule has 0 spiro atoms. The zero-order valence-corrected chi connectivity index (χ0v) is 17.2. The molecule has 0 saturated carbocycles. The van der Waals surface area contributed by atoms with Crippen LogP contribution in [0.4, 0.5) is 23.2 Å². The highest BCUT2D eigenvalue weighted by Gasteiger charge is 2.31. The predicted molar refractivity (Wildman–Crippen MR) is 106 cm³/mol. The molecular formula is C20H22F4N2O3S. The fraction of sp³-hybridized carbons (Fsp3) is 0.350. The van der Waals surface area contributed by atoms with Crippen LogP contribution in [0, 0.1) is 5.82 Å². The average Bonchev–Trinajstić information content (AvgIpc) is 2.64. The Morgan fingerprint density at radius 1 is 1.13 bits per heavy atom. The van der Waals surface area contributed by atoms with E-state index < -0.39 is 27.6 Å². The highest BCUT2D eigenvalue weighted by Crippen LogP contribution is 2.32. The Morgan fingerprint density at radius 2 is 1.77 bits per heavy atom. The molecular weight excluding hydrogens is 424 g/mol. The van der Waals surface area contributed by atoms with Gasteiger partial charge in [0.05, 0.1) is 23.5 Å². The van der Waals surface area contributed by atoms with Crippen molar-refractivity contribution in [1.29, 1.82) is 0 Å². The van der Waals surface area contributed by atoms with Crippen LogP contribution in [0.15, 0.2) is 48.5 Å². The molecule has 0 aliphatic carbocycles. The summed E-state index contributed by atoms with van der Waals surface area (Å²) in [4.78, 5) is 12.1. The molecule has 0 aliphatic rings. The van der Waals surface area contributed by atoms with E-state index in [2.05, 4.69) is 5.32 Å². The zero-order valence-electron chi connectivity index (χ0n) is 16.4. The number of nitrogens with one attached hydrogen (secondary N) is 1. The first kappa shape index (κ1) is 23.7. The number of benzene rings is 2. The van der Waals surface area contributed by atoms with Crippen molar-refractivity contribution in [3.05, 3.63) is 65.5 Å². The fourth-order valence-electron chi connectivity index (χ4n) is 2.86. The van der Waals surface area contributed by atoms with E-state index in [0.29, 0.717) is 5.56 Å². The summed E-state index contributed by atoms with van der Waals surface area (Å²) < 4.78 is 76.8. The molecule has 0 radical (unpaired) electrons. The number of amides is 1. The largest absolute Gasteiger partial charge is 0.416 e. The van der Waals surface area contributed by atoms with Gasteiger partial charge in [-0.3, -0.25) is 9.10 Å². The maximum atomic E-state index is 13.0. The van der Waals surface area contributed by atoms with E-state index in [9.17, 15) is 30.8 Å². The molecule has 0 heterocycles. The smallest absolute Gasteiger partial charge is 0.350 e. The Morgan fingerprint density at radius 3 is 2.33 bits per heavy atom. The van der Waals surface area contributed by atoms with Crippen LogP contribution >= 0.6 is 0 Å². The van der Waals surface area contributed by atoms with Crippen LogP contribution in [0.5, 0.6) is 0 Å². The number of carbonyl (C=O) groups is 1. The van der Waals surface area contributed by atoms with Crippen LogP contribution in [0.3, 0.4) is 0 Å². The lowest BCUT2D eigenvalue weighted by Crippen LogP contribution is -2.32. The molecule has 0 bridgehead atoms. The second kappa shape index (κ2) is 9.46. The summed E-state index contributed by atoms with van der Waals surface area (Å²) in [5.74, 6) is -0.753. The lowest BCUT2D eigenvalue weighted by molar-refractivity contribution is -0.137. The van der Waals surface area contributed by atoms with Crippen LogP contribution in [-0.4, -0.2) is 27.1 Å². The van der Waals surface area contributed by atoms with Crippen molar-refractivity contribution in [2.24, 2.45) is 0 Å². The van der Waals surface area contributed by atoms with E-state index in [-0.39, 0.29) is 37.0 Å². The van der Waals surface area contributed by atoms with Gasteiger partial charge in [0.2, 0.25) is 15.9 Å². The SMILES string of the molecule is C[C@H](NC(=O)CCCN(c1cccc(C(F)(F)F)c1)S(C)(=O)=O)c1ccc(F)cc1. The topological polar surface area (TPSA) is 66.5 Å². The van der Waals surface area contributed by atoms with Gasteiger partial charge in [0, 0.05) is 13.0 Å². The van der Waals surface area contributed by atoms with Crippen LogP contribution in [0.2, 0.25) is 0 Å².